The third kappa shape index (κ3) is 3.36. The number of sulfonamides is 1. The quantitative estimate of drug-likeness (QED) is 0.686. The van der Waals surface area contributed by atoms with Gasteiger partial charge in [-0.3, -0.25) is 4.79 Å². The molecule has 11 heteroatoms. The third-order valence-electron chi connectivity index (χ3n) is 4.22. The van der Waals surface area contributed by atoms with Crippen molar-refractivity contribution in [2.75, 3.05) is 14.1 Å². The van der Waals surface area contributed by atoms with Crippen LogP contribution in [0.4, 0.5) is 0 Å². The van der Waals surface area contributed by atoms with Crippen LogP contribution in [-0.2, 0) is 10.0 Å². The van der Waals surface area contributed by atoms with Gasteiger partial charge in [0.1, 0.15) is 16.9 Å². The van der Waals surface area contributed by atoms with E-state index in [0.29, 0.717) is 22.4 Å². The molecule has 3 aromatic rings. The molecule has 0 unspecified atom stereocenters. The van der Waals surface area contributed by atoms with Crippen molar-refractivity contribution < 1.29 is 8.42 Å². The monoisotopic (exact) mass is 429 g/mol. The van der Waals surface area contributed by atoms with Crippen molar-refractivity contribution in [3.8, 4) is 0 Å². The highest BCUT2D eigenvalue weighted by atomic mass is 35.5. The van der Waals surface area contributed by atoms with Gasteiger partial charge in [0.25, 0.3) is 5.56 Å². The summed E-state index contributed by atoms with van der Waals surface area (Å²) < 4.78 is 27.3. The number of hydrogen-bond acceptors (Lipinski definition) is 5. The van der Waals surface area contributed by atoms with E-state index >= 15 is 0 Å². The molecule has 3 rings (SSSR count). The number of aryl methyl sites for hydroxylation is 1. The zero-order valence-corrected chi connectivity index (χ0v) is 17.3. The SMILES string of the molecule is Cc1cc2nc([C@H](C)n3ncc(Cl)c(Cl)c3=O)[nH]c2cc1S(=O)(=O)N(C)C. The van der Waals surface area contributed by atoms with E-state index in [1.807, 2.05) is 0 Å². The Kier molecular flexibility index (Phi) is 5.06. The van der Waals surface area contributed by atoms with Crippen molar-refractivity contribution in [1.29, 1.82) is 0 Å². The zero-order valence-electron chi connectivity index (χ0n) is 15.0. The van der Waals surface area contributed by atoms with E-state index in [4.69, 9.17) is 23.2 Å². The van der Waals surface area contributed by atoms with Gasteiger partial charge in [-0.2, -0.15) is 5.10 Å². The van der Waals surface area contributed by atoms with Gasteiger partial charge in [0, 0.05) is 14.1 Å². The molecule has 0 radical (unpaired) electrons. The average Bonchev–Trinajstić information content (AvgIpc) is 3.01. The van der Waals surface area contributed by atoms with E-state index in [0.717, 1.165) is 8.99 Å². The van der Waals surface area contributed by atoms with Crippen LogP contribution in [0.15, 0.2) is 28.0 Å². The Balaban J connectivity index is 2.13. The first-order valence-corrected chi connectivity index (χ1v) is 10.1. The molecule has 0 amide bonds. The van der Waals surface area contributed by atoms with Gasteiger partial charge >= 0.3 is 0 Å². The van der Waals surface area contributed by atoms with Crippen molar-refractivity contribution in [2.24, 2.45) is 0 Å². The standard InChI is InChI=1S/C16H17Cl2N5O3S/c1-8-5-11-12(6-13(8)27(25,26)22(3)4)21-15(20-11)9(2)23-16(24)14(18)10(17)7-19-23/h5-7,9H,1-4H3,(H,20,21)/t9-/m0/s1. The van der Waals surface area contributed by atoms with Gasteiger partial charge in [0.15, 0.2) is 0 Å². The van der Waals surface area contributed by atoms with Gasteiger partial charge in [-0.25, -0.2) is 22.4 Å². The van der Waals surface area contributed by atoms with E-state index in [-0.39, 0.29) is 14.9 Å². The Morgan fingerprint density at radius 3 is 2.56 bits per heavy atom. The van der Waals surface area contributed by atoms with Gasteiger partial charge in [0.2, 0.25) is 10.0 Å². The van der Waals surface area contributed by atoms with E-state index in [2.05, 4.69) is 15.1 Å². The van der Waals surface area contributed by atoms with Crippen molar-refractivity contribution in [2.45, 2.75) is 24.8 Å². The minimum Gasteiger partial charge on any atom is -0.340 e. The van der Waals surface area contributed by atoms with Crippen LogP contribution in [0.2, 0.25) is 10.0 Å². The van der Waals surface area contributed by atoms with E-state index < -0.39 is 21.6 Å². The van der Waals surface area contributed by atoms with Crippen LogP contribution in [0.25, 0.3) is 11.0 Å². The largest absolute Gasteiger partial charge is 0.340 e. The lowest BCUT2D eigenvalue weighted by Crippen LogP contribution is -2.27. The molecule has 0 aliphatic rings. The number of imidazole rings is 1. The summed E-state index contributed by atoms with van der Waals surface area (Å²) >= 11 is 11.7. The van der Waals surface area contributed by atoms with Crippen molar-refractivity contribution >= 4 is 44.3 Å². The Labute approximate surface area is 165 Å². The molecule has 0 saturated carbocycles. The van der Waals surface area contributed by atoms with Gasteiger partial charge in [-0.1, -0.05) is 23.2 Å². The third-order valence-corrected chi connectivity index (χ3v) is 6.92. The smallest absolute Gasteiger partial charge is 0.287 e. The van der Waals surface area contributed by atoms with Crippen LogP contribution in [0.1, 0.15) is 24.4 Å². The summed E-state index contributed by atoms with van der Waals surface area (Å²) in [5, 5.41) is 3.96. The fourth-order valence-electron chi connectivity index (χ4n) is 2.65. The highest BCUT2D eigenvalue weighted by Crippen LogP contribution is 2.26. The zero-order chi connectivity index (χ0) is 20.1. The minimum absolute atomic E-state index is 0.0730. The summed E-state index contributed by atoms with van der Waals surface area (Å²) in [6, 6.07) is 2.66. The normalized spacial score (nSPS) is 13.4. The molecular weight excluding hydrogens is 413 g/mol. The average molecular weight is 430 g/mol. The number of nitrogens with zero attached hydrogens (tertiary/aromatic N) is 4. The predicted molar refractivity (Wildman–Crippen MR) is 104 cm³/mol. The minimum atomic E-state index is -3.59. The van der Waals surface area contributed by atoms with Crippen LogP contribution >= 0.6 is 23.2 Å². The van der Waals surface area contributed by atoms with Crippen molar-refractivity contribution in [1.82, 2.24) is 24.1 Å². The maximum Gasteiger partial charge on any atom is 0.287 e. The lowest BCUT2D eigenvalue weighted by atomic mass is 10.2. The molecule has 0 aliphatic heterocycles. The van der Waals surface area contributed by atoms with E-state index in [1.54, 1.807) is 19.9 Å². The number of rotatable bonds is 4. The summed E-state index contributed by atoms with van der Waals surface area (Å²) in [5.41, 5.74) is 1.16. The van der Waals surface area contributed by atoms with Gasteiger partial charge < -0.3 is 4.98 Å². The molecule has 2 heterocycles. The number of aromatic amines is 1. The Morgan fingerprint density at radius 1 is 1.26 bits per heavy atom. The molecule has 0 aliphatic carbocycles. The molecule has 0 fully saturated rings. The first-order chi connectivity index (χ1) is 12.5. The van der Waals surface area contributed by atoms with Gasteiger partial charge in [-0.05, 0) is 31.5 Å². The summed E-state index contributed by atoms with van der Waals surface area (Å²) in [5.74, 6) is 0.441. The molecule has 1 aromatic carbocycles. The number of hydrogen-bond donors (Lipinski definition) is 1. The second-order valence-corrected chi connectivity index (χ2v) is 9.18. The molecular formula is C16H17Cl2N5O3S. The second kappa shape index (κ2) is 6.90. The number of H-pyrrole nitrogens is 1. The molecule has 0 saturated heterocycles. The Morgan fingerprint density at radius 2 is 1.93 bits per heavy atom. The Bertz CT molecular complexity index is 1200. The highest BCUT2D eigenvalue weighted by molar-refractivity contribution is 7.89. The number of aromatic nitrogens is 4. The molecule has 27 heavy (non-hydrogen) atoms. The van der Waals surface area contributed by atoms with Crippen molar-refractivity contribution in [3.63, 3.8) is 0 Å². The maximum absolute atomic E-state index is 12.5. The highest BCUT2D eigenvalue weighted by Gasteiger charge is 2.23. The molecule has 0 bridgehead atoms. The lowest BCUT2D eigenvalue weighted by Gasteiger charge is -2.13. The summed E-state index contributed by atoms with van der Waals surface area (Å²) in [4.78, 5) is 20.0. The number of benzene rings is 1. The van der Waals surface area contributed by atoms with E-state index in [9.17, 15) is 13.2 Å². The first-order valence-electron chi connectivity index (χ1n) is 7.89. The fraction of sp³-hybridized carbons (Fsp3) is 0.312. The van der Waals surface area contributed by atoms with Crippen LogP contribution in [0.3, 0.4) is 0 Å². The van der Waals surface area contributed by atoms with Crippen LogP contribution < -0.4 is 5.56 Å². The van der Waals surface area contributed by atoms with Crippen LogP contribution in [0.5, 0.6) is 0 Å². The number of nitrogens with one attached hydrogen (secondary N) is 1. The topological polar surface area (TPSA) is 101 Å². The number of fused-ring (bicyclic) bond motifs is 1. The summed E-state index contributed by atoms with van der Waals surface area (Å²) in [6.45, 7) is 3.43. The molecule has 1 atom stereocenters. The summed E-state index contributed by atoms with van der Waals surface area (Å²) in [6.07, 6.45) is 1.29. The van der Waals surface area contributed by atoms with Crippen LogP contribution in [-0.4, -0.2) is 46.6 Å². The lowest BCUT2D eigenvalue weighted by molar-refractivity contribution is 0.512. The molecule has 2 aromatic heterocycles. The predicted octanol–water partition coefficient (Wildman–Crippen LogP) is 2.59. The first kappa shape index (κ1) is 19.8. The van der Waals surface area contributed by atoms with Crippen LogP contribution in [0, 0.1) is 6.92 Å². The molecule has 0 spiro atoms. The Hall–Kier alpha value is -1.94. The second-order valence-electron chi connectivity index (χ2n) is 6.28. The maximum atomic E-state index is 12.5. The summed E-state index contributed by atoms with van der Waals surface area (Å²) in [7, 11) is -0.645. The fourth-order valence-corrected chi connectivity index (χ4v) is 4.04. The molecule has 144 valence electrons. The van der Waals surface area contributed by atoms with Gasteiger partial charge in [0.05, 0.1) is 27.1 Å². The number of halogens is 2. The van der Waals surface area contributed by atoms with Gasteiger partial charge in [-0.15, -0.1) is 0 Å². The van der Waals surface area contributed by atoms with E-state index in [1.165, 1.54) is 26.4 Å². The molecule has 8 nitrogen and oxygen atoms in total. The van der Waals surface area contributed by atoms with Crippen molar-refractivity contribution in [3.05, 3.63) is 50.1 Å². The molecule has 1 N–H and O–H groups in total.